The first-order valence-corrected chi connectivity index (χ1v) is 7.49. The fraction of sp³-hybridized carbons (Fsp3) is 0.235. The Morgan fingerprint density at radius 2 is 1.95 bits per heavy atom. The number of aliphatic hydroxyl groups excluding tert-OH is 1. The van der Waals surface area contributed by atoms with Gasteiger partial charge in [0.15, 0.2) is 0 Å². The van der Waals surface area contributed by atoms with Crippen LogP contribution in [-0.4, -0.2) is 23.6 Å². The lowest BCUT2D eigenvalue weighted by molar-refractivity contribution is 0.124. The van der Waals surface area contributed by atoms with Crippen LogP contribution in [0.5, 0.6) is 0 Å². The maximum atomic E-state index is 10.3. The molecule has 2 aromatic carbocycles. The zero-order valence-electron chi connectivity index (χ0n) is 11.8. The molecule has 2 aromatic rings. The minimum Gasteiger partial charge on any atom is -0.387 e. The van der Waals surface area contributed by atoms with Gasteiger partial charge in [-0.05, 0) is 42.4 Å². The number of rotatable bonds is 5. The molecule has 0 saturated carbocycles. The van der Waals surface area contributed by atoms with E-state index < -0.39 is 6.10 Å². The van der Waals surface area contributed by atoms with Crippen LogP contribution in [0.1, 0.15) is 22.8 Å². The van der Waals surface area contributed by atoms with Gasteiger partial charge >= 0.3 is 0 Å². The van der Waals surface area contributed by atoms with Crippen molar-refractivity contribution in [1.29, 1.82) is 5.26 Å². The van der Waals surface area contributed by atoms with Crippen molar-refractivity contribution in [3.8, 4) is 6.07 Å². The maximum Gasteiger partial charge on any atom is 0.0991 e. The van der Waals surface area contributed by atoms with E-state index in [1.807, 2.05) is 55.6 Å². The summed E-state index contributed by atoms with van der Waals surface area (Å²) in [4.78, 5) is 2.06. The van der Waals surface area contributed by atoms with E-state index >= 15 is 0 Å². The summed E-state index contributed by atoms with van der Waals surface area (Å²) in [7, 11) is 1.97. The maximum absolute atomic E-state index is 10.3. The summed E-state index contributed by atoms with van der Waals surface area (Å²) >= 11 is 3.41. The van der Waals surface area contributed by atoms with E-state index in [0.717, 1.165) is 22.1 Å². The van der Waals surface area contributed by atoms with Gasteiger partial charge in [-0.15, -0.1) is 0 Å². The van der Waals surface area contributed by atoms with Crippen molar-refractivity contribution in [2.45, 2.75) is 12.6 Å². The van der Waals surface area contributed by atoms with Crippen LogP contribution in [0.2, 0.25) is 0 Å². The first-order chi connectivity index (χ1) is 10.1. The first kappa shape index (κ1) is 15.7. The molecule has 0 aliphatic carbocycles. The van der Waals surface area contributed by atoms with E-state index in [1.54, 1.807) is 0 Å². The highest BCUT2D eigenvalue weighted by Crippen LogP contribution is 2.19. The average molecular weight is 345 g/mol. The van der Waals surface area contributed by atoms with Crippen LogP contribution >= 0.6 is 15.9 Å². The van der Waals surface area contributed by atoms with E-state index in [-0.39, 0.29) is 0 Å². The summed E-state index contributed by atoms with van der Waals surface area (Å²) in [6.45, 7) is 1.28. The second-order valence-corrected chi connectivity index (χ2v) is 5.99. The monoisotopic (exact) mass is 344 g/mol. The van der Waals surface area contributed by atoms with E-state index in [9.17, 15) is 5.11 Å². The number of halogens is 1. The fourth-order valence-electron chi connectivity index (χ4n) is 2.18. The summed E-state index contributed by atoms with van der Waals surface area (Å²) in [5.41, 5.74) is 2.68. The van der Waals surface area contributed by atoms with E-state index in [0.29, 0.717) is 12.1 Å². The SMILES string of the molecule is CN(Cc1ccc(C#N)cc1)CC(O)c1cccc(Br)c1. The standard InChI is InChI=1S/C17H17BrN2O/c1-20(11-14-7-5-13(10-19)6-8-14)12-17(21)15-3-2-4-16(18)9-15/h2-9,17,21H,11-12H2,1H3. The van der Waals surface area contributed by atoms with Crippen LogP contribution in [0, 0.1) is 11.3 Å². The van der Waals surface area contributed by atoms with Crippen molar-refractivity contribution in [2.24, 2.45) is 0 Å². The Bertz CT molecular complexity index is 634. The van der Waals surface area contributed by atoms with Crippen LogP contribution in [-0.2, 0) is 6.54 Å². The van der Waals surface area contributed by atoms with E-state index in [2.05, 4.69) is 26.9 Å². The largest absolute Gasteiger partial charge is 0.387 e. The molecule has 0 amide bonds. The third-order valence-electron chi connectivity index (χ3n) is 3.25. The third kappa shape index (κ3) is 4.68. The van der Waals surface area contributed by atoms with Crippen LogP contribution < -0.4 is 0 Å². The molecule has 0 spiro atoms. The van der Waals surface area contributed by atoms with E-state index in [4.69, 9.17) is 5.26 Å². The molecule has 1 atom stereocenters. The molecule has 0 heterocycles. The number of likely N-dealkylation sites (N-methyl/N-ethyl adjacent to an activating group) is 1. The zero-order chi connectivity index (χ0) is 15.2. The Morgan fingerprint density at radius 1 is 1.24 bits per heavy atom. The van der Waals surface area contributed by atoms with Crippen molar-refractivity contribution in [1.82, 2.24) is 4.90 Å². The molecule has 4 heteroatoms. The molecule has 0 bridgehead atoms. The normalized spacial score (nSPS) is 12.1. The molecule has 21 heavy (non-hydrogen) atoms. The molecule has 0 aliphatic heterocycles. The van der Waals surface area contributed by atoms with Gasteiger partial charge in [-0.1, -0.05) is 40.2 Å². The number of nitrogens with zero attached hydrogens (tertiary/aromatic N) is 2. The lowest BCUT2D eigenvalue weighted by Gasteiger charge is -2.21. The number of hydrogen-bond donors (Lipinski definition) is 1. The molecule has 0 aliphatic rings. The highest BCUT2D eigenvalue weighted by atomic mass is 79.9. The zero-order valence-corrected chi connectivity index (χ0v) is 13.4. The van der Waals surface area contributed by atoms with Gasteiger partial charge < -0.3 is 5.11 Å². The molecule has 1 N–H and O–H groups in total. The second kappa shape index (κ2) is 7.37. The minimum atomic E-state index is -0.522. The lowest BCUT2D eigenvalue weighted by atomic mass is 10.1. The fourth-order valence-corrected chi connectivity index (χ4v) is 2.59. The van der Waals surface area contributed by atoms with Crippen molar-refractivity contribution in [3.63, 3.8) is 0 Å². The highest BCUT2D eigenvalue weighted by molar-refractivity contribution is 9.10. The van der Waals surface area contributed by atoms with E-state index in [1.165, 1.54) is 0 Å². The Labute approximate surface area is 133 Å². The van der Waals surface area contributed by atoms with Gasteiger partial charge in [-0.2, -0.15) is 5.26 Å². The van der Waals surface area contributed by atoms with Crippen LogP contribution in [0.3, 0.4) is 0 Å². The van der Waals surface area contributed by atoms with Gasteiger partial charge in [0, 0.05) is 17.6 Å². The molecule has 108 valence electrons. The molecule has 0 saturated heterocycles. The molecule has 2 rings (SSSR count). The highest BCUT2D eigenvalue weighted by Gasteiger charge is 2.11. The van der Waals surface area contributed by atoms with Gasteiger partial charge in [0.05, 0.1) is 17.7 Å². The van der Waals surface area contributed by atoms with Gasteiger partial charge in [0.25, 0.3) is 0 Å². The summed E-state index contributed by atoms with van der Waals surface area (Å²) < 4.78 is 0.966. The molecule has 3 nitrogen and oxygen atoms in total. The topological polar surface area (TPSA) is 47.3 Å². The molecule has 0 fully saturated rings. The summed E-state index contributed by atoms with van der Waals surface area (Å²) in [6, 6.07) is 17.3. The predicted octanol–water partition coefficient (Wildman–Crippen LogP) is 3.49. The van der Waals surface area contributed by atoms with Gasteiger partial charge in [0.1, 0.15) is 0 Å². The molecular formula is C17H17BrN2O. The van der Waals surface area contributed by atoms with Crippen molar-refractivity contribution in [2.75, 3.05) is 13.6 Å². The van der Waals surface area contributed by atoms with Crippen LogP contribution in [0.15, 0.2) is 53.0 Å². The van der Waals surface area contributed by atoms with Crippen molar-refractivity contribution >= 4 is 15.9 Å². The number of benzene rings is 2. The van der Waals surface area contributed by atoms with Gasteiger partial charge in [0.2, 0.25) is 0 Å². The third-order valence-corrected chi connectivity index (χ3v) is 3.75. The van der Waals surface area contributed by atoms with Crippen LogP contribution in [0.25, 0.3) is 0 Å². The van der Waals surface area contributed by atoms with Crippen molar-refractivity contribution < 1.29 is 5.11 Å². The average Bonchev–Trinajstić information content (AvgIpc) is 2.48. The number of nitriles is 1. The summed E-state index contributed by atoms with van der Waals surface area (Å²) in [5.74, 6) is 0. The van der Waals surface area contributed by atoms with Gasteiger partial charge in [-0.3, -0.25) is 4.90 Å². The molecular weight excluding hydrogens is 328 g/mol. The Kier molecular flexibility index (Phi) is 5.51. The Hall–Kier alpha value is -1.67. The molecule has 0 aromatic heterocycles. The quantitative estimate of drug-likeness (QED) is 0.902. The number of hydrogen-bond acceptors (Lipinski definition) is 3. The predicted molar refractivity (Wildman–Crippen MR) is 86.6 cm³/mol. The minimum absolute atomic E-state index is 0.522. The first-order valence-electron chi connectivity index (χ1n) is 6.69. The summed E-state index contributed by atoms with van der Waals surface area (Å²) in [5, 5.41) is 19.1. The second-order valence-electron chi connectivity index (χ2n) is 5.08. The molecule has 0 radical (unpaired) electrons. The van der Waals surface area contributed by atoms with Gasteiger partial charge in [-0.25, -0.2) is 0 Å². The van der Waals surface area contributed by atoms with Crippen molar-refractivity contribution in [3.05, 3.63) is 69.7 Å². The lowest BCUT2D eigenvalue weighted by Crippen LogP contribution is -2.24. The smallest absolute Gasteiger partial charge is 0.0991 e. The Morgan fingerprint density at radius 3 is 2.57 bits per heavy atom. The Balaban J connectivity index is 1.94. The van der Waals surface area contributed by atoms with Crippen LogP contribution in [0.4, 0.5) is 0 Å². The number of aliphatic hydroxyl groups is 1. The summed E-state index contributed by atoms with van der Waals surface area (Å²) in [6.07, 6.45) is -0.522. The molecule has 1 unspecified atom stereocenters.